The van der Waals surface area contributed by atoms with E-state index in [9.17, 15) is 9.90 Å². The Morgan fingerprint density at radius 1 is 0.538 bits per heavy atom. The van der Waals surface area contributed by atoms with Gasteiger partial charge in [0.1, 0.15) is 17.6 Å². The first-order valence-corrected chi connectivity index (χ1v) is 24.0. The number of ether oxygens (including phenoxy) is 2. The summed E-state index contributed by atoms with van der Waals surface area (Å²) in [6, 6.07) is 54.2. The zero-order chi connectivity index (χ0) is 46.6. The number of thiol groups is 1. The lowest BCUT2D eigenvalue weighted by molar-refractivity contribution is 0.0747. The molecule has 11 heteroatoms. The number of ketones is 1. The van der Waals surface area contributed by atoms with Gasteiger partial charge in [0.25, 0.3) is 0 Å². The molecule has 1 atom stereocenters. The fourth-order valence-electron chi connectivity index (χ4n) is 6.56. The largest absolute Gasteiger partial charge is 0.491 e. The number of aliphatic hydroxyl groups is 2. The van der Waals surface area contributed by atoms with E-state index in [2.05, 4.69) is 148 Å². The molecule has 6 aromatic rings. The molecule has 6 aromatic carbocycles. The summed E-state index contributed by atoms with van der Waals surface area (Å²) in [4.78, 5) is 20.8. The maximum absolute atomic E-state index is 12.2. The Hall–Kier alpha value is -5.56. The SMILES string of the molecule is CN(C)c1ccc(C(=O)C(O)c2ccccc2)cc1.CN(C)c1ccc(C2=C(c3ccccc3)OCCS2)cc1.CN(C)c1ccc(C2=C(c3ccccc3)SCCO2)cc1.OCCS. The van der Waals surface area contributed by atoms with Crippen LogP contribution in [-0.4, -0.2) is 95.4 Å². The van der Waals surface area contributed by atoms with Crippen molar-refractivity contribution in [1.82, 2.24) is 0 Å². The highest BCUT2D eigenvalue weighted by Crippen LogP contribution is 2.41. The quantitative estimate of drug-likeness (QED) is 0.0863. The van der Waals surface area contributed by atoms with Crippen molar-refractivity contribution >= 4 is 80.3 Å². The van der Waals surface area contributed by atoms with Gasteiger partial charge in [-0.3, -0.25) is 4.79 Å². The van der Waals surface area contributed by atoms with Crippen LogP contribution in [0.1, 0.15) is 44.3 Å². The molecule has 0 aromatic heterocycles. The van der Waals surface area contributed by atoms with Gasteiger partial charge in [-0.05, 0) is 77.4 Å². The van der Waals surface area contributed by atoms with Gasteiger partial charge in [-0.15, -0.1) is 23.5 Å². The monoisotopic (exact) mass is 927 g/mol. The molecule has 0 saturated carbocycles. The lowest BCUT2D eigenvalue weighted by Crippen LogP contribution is -2.13. The summed E-state index contributed by atoms with van der Waals surface area (Å²) in [6.45, 7) is 1.73. The van der Waals surface area contributed by atoms with Gasteiger partial charge in [-0.1, -0.05) is 103 Å². The summed E-state index contributed by atoms with van der Waals surface area (Å²) >= 11 is 7.42. The highest BCUT2D eigenvalue weighted by atomic mass is 32.2. The smallest absolute Gasteiger partial charge is 0.195 e. The van der Waals surface area contributed by atoms with Crippen molar-refractivity contribution in [1.29, 1.82) is 0 Å². The molecule has 0 spiro atoms. The molecule has 2 aliphatic rings. The molecule has 0 radical (unpaired) electrons. The third kappa shape index (κ3) is 15.0. The number of carbonyl (C=O) groups excluding carboxylic acids is 1. The minimum absolute atomic E-state index is 0.184. The molecule has 2 N–H and O–H groups in total. The Bertz CT molecular complexity index is 2270. The van der Waals surface area contributed by atoms with Crippen LogP contribution in [0, 0.1) is 0 Å². The molecule has 0 fully saturated rings. The summed E-state index contributed by atoms with van der Waals surface area (Å²) in [7, 11) is 12.1. The lowest BCUT2D eigenvalue weighted by Gasteiger charge is -2.22. The summed E-state index contributed by atoms with van der Waals surface area (Å²) in [5.74, 6) is 4.30. The number of aliphatic hydroxyl groups excluding tert-OH is 2. The number of rotatable bonds is 11. The minimum atomic E-state index is -1.11. The van der Waals surface area contributed by atoms with Crippen molar-refractivity contribution in [2.75, 3.05) is 94.1 Å². The third-order valence-electron chi connectivity index (χ3n) is 10.1. The number of carbonyl (C=O) groups is 1. The van der Waals surface area contributed by atoms with E-state index in [-0.39, 0.29) is 12.4 Å². The average molecular weight is 928 g/mol. The maximum Gasteiger partial charge on any atom is 0.195 e. The van der Waals surface area contributed by atoms with Gasteiger partial charge in [0.15, 0.2) is 5.78 Å². The molecule has 1 unspecified atom stereocenters. The number of Topliss-reactive ketones (excluding diaryl/α,β-unsaturated/α-hetero) is 1. The van der Waals surface area contributed by atoms with Gasteiger partial charge in [-0.2, -0.15) is 12.6 Å². The first kappa shape index (κ1) is 50.4. The van der Waals surface area contributed by atoms with Crippen LogP contribution in [0.3, 0.4) is 0 Å². The molecule has 0 aliphatic carbocycles. The van der Waals surface area contributed by atoms with Crippen molar-refractivity contribution in [3.8, 4) is 0 Å². The van der Waals surface area contributed by atoms with Crippen LogP contribution in [0.2, 0.25) is 0 Å². The average Bonchev–Trinajstić information content (AvgIpc) is 3.37. The van der Waals surface area contributed by atoms with E-state index >= 15 is 0 Å². The predicted octanol–water partition coefficient (Wildman–Crippen LogP) is 11.3. The van der Waals surface area contributed by atoms with E-state index in [1.165, 1.54) is 32.3 Å². The first-order chi connectivity index (χ1) is 31.5. The Kier molecular flexibility index (Phi) is 20.5. The highest BCUT2D eigenvalue weighted by molar-refractivity contribution is 8.08. The van der Waals surface area contributed by atoms with E-state index in [4.69, 9.17) is 14.6 Å². The van der Waals surface area contributed by atoms with Crippen molar-refractivity contribution in [3.63, 3.8) is 0 Å². The van der Waals surface area contributed by atoms with Crippen molar-refractivity contribution in [2.45, 2.75) is 6.10 Å². The Balaban J connectivity index is 0.000000176. The number of hydrogen-bond acceptors (Lipinski definition) is 11. The standard InChI is InChI=1S/2C18H19NOS.C16H17NO2.C2H6OS/c1-19(2)16-10-8-14(9-11-16)17-18(21-13-12-20-17)15-6-4-3-5-7-15;1-19(2)16-10-8-15(9-11-16)18-17(20-12-13-21-18)14-6-4-3-5-7-14;1-17(2)14-10-8-13(9-11-14)16(19)15(18)12-6-4-3-5-7-12;3-1-2-4/h2*3-11H,12-13H2,1-2H3;3-11,15,18H,1-2H3;3-4H,1-2H2. The fraction of sp³-hybridized carbons (Fsp3) is 0.241. The van der Waals surface area contributed by atoms with Crippen LogP contribution in [0.25, 0.3) is 21.3 Å². The Morgan fingerprint density at radius 2 is 0.877 bits per heavy atom. The lowest BCUT2D eigenvalue weighted by atomic mass is 10.00. The van der Waals surface area contributed by atoms with Crippen LogP contribution < -0.4 is 14.7 Å². The van der Waals surface area contributed by atoms with Crippen LogP contribution in [0.5, 0.6) is 0 Å². The minimum Gasteiger partial charge on any atom is -0.491 e. The third-order valence-corrected chi connectivity index (χ3v) is 12.4. The highest BCUT2D eigenvalue weighted by Gasteiger charge is 2.21. The van der Waals surface area contributed by atoms with Gasteiger partial charge in [0.2, 0.25) is 0 Å². The normalized spacial score (nSPS) is 13.5. The van der Waals surface area contributed by atoms with Crippen LogP contribution >= 0.6 is 36.2 Å². The number of thioether (sulfide) groups is 2. The van der Waals surface area contributed by atoms with Gasteiger partial charge in [0.05, 0.1) is 29.6 Å². The molecule has 0 bridgehead atoms. The second-order valence-corrected chi connectivity index (χ2v) is 18.0. The molecule has 2 aliphatic heterocycles. The zero-order valence-electron chi connectivity index (χ0n) is 38.1. The molecule has 2 heterocycles. The Labute approximate surface area is 400 Å². The second kappa shape index (κ2) is 26.4. The predicted molar refractivity (Wildman–Crippen MR) is 282 cm³/mol. The molecule has 65 heavy (non-hydrogen) atoms. The molecule has 8 nitrogen and oxygen atoms in total. The van der Waals surface area contributed by atoms with E-state index in [0.717, 1.165) is 53.1 Å². The molecule has 8 rings (SSSR count). The maximum atomic E-state index is 12.2. The summed E-state index contributed by atoms with van der Waals surface area (Å²) in [5, 5.41) is 17.9. The van der Waals surface area contributed by atoms with Gasteiger partial charge in [0, 0.05) is 93.3 Å². The van der Waals surface area contributed by atoms with Gasteiger partial charge < -0.3 is 34.4 Å². The molecule has 340 valence electrons. The molecular weight excluding hydrogens is 867 g/mol. The van der Waals surface area contributed by atoms with E-state index < -0.39 is 6.10 Å². The van der Waals surface area contributed by atoms with Gasteiger partial charge >= 0.3 is 0 Å². The number of anilines is 3. The van der Waals surface area contributed by atoms with Crippen molar-refractivity contribution in [3.05, 3.63) is 197 Å². The number of nitrogens with zero attached hydrogens (tertiary/aromatic N) is 3. The molecular formula is C54H61N3O5S3. The van der Waals surface area contributed by atoms with Crippen LogP contribution in [-0.2, 0) is 9.47 Å². The Morgan fingerprint density at radius 3 is 1.28 bits per heavy atom. The van der Waals surface area contributed by atoms with E-state index in [0.29, 0.717) is 16.9 Å². The summed E-state index contributed by atoms with van der Waals surface area (Å²) < 4.78 is 11.9. The molecule has 0 saturated heterocycles. The second-order valence-electron chi connectivity index (χ2n) is 15.4. The fourth-order valence-corrected chi connectivity index (χ4v) is 8.53. The van der Waals surface area contributed by atoms with Crippen LogP contribution in [0.4, 0.5) is 17.1 Å². The van der Waals surface area contributed by atoms with E-state index in [1.54, 1.807) is 36.4 Å². The van der Waals surface area contributed by atoms with Crippen LogP contribution in [0.15, 0.2) is 164 Å². The number of hydrogen-bond donors (Lipinski definition) is 3. The number of benzene rings is 6. The van der Waals surface area contributed by atoms with Gasteiger partial charge in [-0.25, -0.2) is 0 Å². The first-order valence-electron chi connectivity index (χ1n) is 21.4. The van der Waals surface area contributed by atoms with E-state index in [1.807, 2.05) is 72.9 Å². The van der Waals surface area contributed by atoms with Crippen molar-refractivity contribution in [2.24, 2.45) is 0 Å². The zero-order valence-corrected chi connectivity index (χ0v) is 40.7. The van der Waals surface area contributed by atoms with Crippen molar-refractivity contribution < 1.29 is 24.5 Å². The molecule has 0 amide bonds. The topological polar surface area (TPSA) is 85.7 Å². The summed E-state index contributed by atoms with van der Waals surface area (Å²) in [5.41, 5.74) is 9.31. The summed E-state index contributed by atoms with van der Waals surface area (Å²) in [6.07, 6.45) is -1.11.